The molecule has 1 aromatic rings. The number of benzene rings is 1. The lowest BCUT2D eigenvalue weighted by Crippen LogP contribution is -2.36. The van der Waals surface area contributed by atoms with Gasteiger partial charge >= 0.3 is 6.18 Å². The largest absolute Gasteiger partial charge is 0.392 e. The van der Waals surface area contributed by atoms with Crippen LogP contribution in [0.4, 0.5) is 17.6 Å². The second-order valence-electron chi connectivity index (χ2n) is 4.38. The van der Waals surface area contributed by atoms with Crippen LogP contribution in [0.15, 0.2) is 17.0 Å². The van der Waals surface area contributed by atoms with Crippen molar-refractivity contribution in [2.24, 2.45) is 0 Å². The number of aliphatic hydroxyl groups excluding tert-OH is 1. The first-order chi connectivity index (χ1) is 9.46. The number of rotatable bonds is 5. The van der Waals surface area contributed by atoms with Crippen LogP contribution >= 0.6 is 11.6 Å². The Morgan fingerprint density at radius 1 is 1.38 bits per heavy atom. The summed E-state index contributed by atoms with van der Waals surface area (Å²) < 4.78 is 76.0. The predicted molar refractivity (Wildman–Crippen MR) is 67.8 cm³/mol. The van der Waals surface area contributed by atoms with Gasteiger partial charge in [0.15, 0.2) is 0 Å². The number of hydrogen-bond donors (Lipinski definition) is 2. The van der Waals surface area contributed by atoms with E-state index in [0.29, 0.717) is 0 Å². The van der Waals surface area contributed by atoms with E-state index in [-0.39, 0.29) is 10.6 Å². The standard InChI is InChI=1S/C11H12ClF4NO3S/c1-6(4-11(14,15)16)17-21(19,20)9-3-8(12)2-7(5-18)10(9)13/h2-3,6,17-18H,4-5H2,1H3. The summed E-state index contributed by atoms with van der Waals surface area (Å²) in [4.78, 5) is -0.909. The minimum atomic E-state index is -4.56. The monoisotopic (exact) mass is 349 g/mol. The topological polar surface area (TPSA) is 66.4 Å². The van der Waals surface area contributed by atoms with E-state index >= 15 is 0 Å². The normalized spacial score (nSPS) is 14.2. The molecule has 0 aliphatic heterocycles. The SMILES string of the molecule is CC(CC(F)(F)F)NS(=O)(=O)c1cc(Cl)cc(CO)c1F. The van der Waals surface area contributed by atoms with Gasteiger partial charge in [0.25, 0.3) is 0 Å². The van der Waals surface area contributed by atoms with Crippen LogP contribution < -0.4 is 4.72 Å². The average molecular weight is 350 g/mol. The molecule has 0 aliphatic carbocycles. The number of nitrogens with one attached hydrogen (secondary N) is 1. The van der Waals surface area contributed by atoms with Crippen LogP contribution in [0.3, 0.4) is 0 Å². The molecule has 1 atom stereocenters. The van der Waals surface area contributed by atoms with Crippen LogP contribution in [-0.4, -0.2) is 25.7 Å². The molecule has 1 aromatic carbocycles. The van der Waals surface area contributed by atoms with Gasteiger partial charge in [0.1, 0.15) is 10.7 Å². The molecule has 21 heavy (non-hydrogen) atoms. The second kappa shape index (κ2) is 6.47. The molecule has 120 valence electrons. The first-order valence-corrected chi connectivity index (χ1v) is 7.50. The highest BCUT2D eigenvalue weighted by Gasteiger charge is 2.33. The number of hydrogen-bond acceptors (Lipinski definition) is 3. The van der Waals surface area contributed by atoms with Gasteiger partial charge < -0.3 is 5.11 Å². The van der Waals surface area contributed by atoms with E-state index in [1.807, 2.05) is 0 Å². The number of aliphatic hydroxyl groups is 1. The molecule has 0 bridgehead atoms. The van der Waals surface area contributed by atoms with Crippen LogP contribution in [0.5, 0.6) is 0 Å². The molecular formula is C11H12ClF4NO3S. The highest BCUT2D eigenvalue weighted by Crippen LogP contribution is 2.26. The number of alkyl halides is 3. The zero-order valence-electron chi connectivity index (χ0n) is 10.7. The smallest absolute Gasteiger partial charge is 0.390 e. The van der Waals surface area contributed by atoms with Crippen molar-refractivity contribution in [2.75, 3.05) is 0 Å². The molecule has 1 rings (SSSR count). The van der Waals surface area contributed by atoms with Crippen molar-refractivity contribution in [3.8, 4) is 0 Å². The molecule has 0 spiro atoms. The van der Waals surface area contributed by atoms with E-state index in [1.54, 1.807) is 4.72 Å². The second-order valence-corrected chi connectivity index (χ2v) is 6.50. The van der Waals surface area contributed by atoms with Crippen LogP contribution in [0, 0.1) is 5.82 Å². The first-order valence-electron chi connectivity index (χ1n) is 5.64. The van der Waals surface area contributed by atoms with Crippen LogP contribution in [0.25, 0.3) is 0 Å². The summed E-state index contributed by atoms with van der Waals surface area (Å²) in [6.07, 6.45) is -5.97. The molecule has 2 N–H and O–H groups in total. The van der Waals surface area contributed by atoms with Gasteiger partial charge in [0, 0.05) is 16.6 Å². The fourth-order valence-electron chi connectivity index (χ4n) is 1.65. The summed E-state index contributed by atoms with van der Waals surface area (Å²) in [5.41, 5.74) is -0.369. The third-order valence-corrected chi connectivity index (χ3v) is 4.24. The quantitative estimate of drug-likeness (QED) is 0.803. The maximum atomic E-state index is 13.9. The Morgan fingerprint density at radius 3 is 2.43 bits per heavy atom. The van der Waals surface area contributed by atoms with Gasteiger partial charge in [-0.1, -0.05) is 11.6 Å². The molecule has 0 heterocycles. The molecule has 0 amide bonds. The lowest BCUT2D eigenvalue weighted by Gasteiger charge is -2.17. The van der Waals surface area contributed by atoms with E-state index in [1.165, 1.54) is 0 Å². The molecular weight excluding hydrogens is 338 g/mol. The maximum absolute atomic E-state index is 13.9. The molecule has 0 saturated heterocycles. The first kappa shape index (κ1) is 18.1. The van der Waals surface area contributed by atoms with E-state index in [0.717, 1.165) is 19.1 Å². The van der Waals surface area contributed by atoms with E-state index in [9.17, 15) is 26.0 Å². The summed E-state index contributed by atoms with van der Waals surface area (Å²) in [6, 6.07) is 0.305. The molecule has 0 fully saturated rings. The van der Waals surface area contributed by atoms with Crippen molar-refractivity contribution in [2.45, 2.75) is 37.1 Å². The van der Waals surface area contributed by atoms with E-state index < -0.39 is 46.0 Å². The van der Waals surface area contributed by atoms with Crippen LogP contribution in [-0.2, 0) is 16.6 Å². The summed E-state index contributed by atoms with van der Waals surface area (Å²) in [6.45, 7) is 0.202. The summed E-state index contributed by atoms with van der Waals surface area (Å²) in [7, 11) is -4.54. The summed E-state index contributed by atoms with van der Waals surface area (Å²) in [5.74, 6) is -1.26. The predicted octanol–water partition coefficient (Wildman–Crippen LogP) is 2.59. The van der Waals surface area contributed by atoms with Gasteiger partial charge in [0.05, 0.1) is 13.0 Å². The average Bonchev–Trinajstić information content (AvgIpc) is 2.28. The zero-order chi connectivity index (χ0) is 16.4. The Kier molecular flexibility index (Phi) is 5.59. The minimum Gasteiger partial charge on any atom is -0.392 e. The van der Waals surface area contributed by atoms with Crippen molar-refractivity contribution in [1.29, 1.82) is 0 Å². The lowest BCUT2D eigenvalue weighted by molar-refractivity contribution is -0.137. The van der Waals surface area contributed by atoms with E-state index in [4.69, 9.17) is 16.7 Å². The maximum Gasteiger partial charge on any atom is 0.390 e. The van der Waals surface area contributed by atoms with Crippen LogP contribution in [0.2, 0.25) is 5.02 Å². The van der Waals surface area contributed by atoms with Crippen molar-refractivity contribution in [3.63, 3.8) is 0 Å². The highest BCUT2D eigenvalue weighted by molar-refractivity contribution is 7.89. The Bertz CT molecular complexity index is 619. The Balaban J connectivity index is 3.12. The van der Waals surface area contributed by atoms with Gasteiger partial charge in [0.2, 0.25) is 10.0 Å². The molecule has 0 radical (unpaired) electrons. The lowest BCUT2D eigenvalue weighted by atomic mass is 10.2. The fraction of sp³-hybridized carbons (Fsp3) is 0.455. The van der Waals surface area contributed by atoms with Crippen molar-refractivity contribution >= 4 is 21.6 Å². The summed E-state index contributed by atoms with van der Waals surface area (Å²) in [5, 5.41) is 8.74. The van der Waals surface area contributed by atoms with Crippen molar-refractivity contribution < 1.29 is 31.1 Å². The zero-order valence-corrected chi connectivity index (χ0v) is 12.3. The minimum absolute atomic E-state index is 0.163. The molecule has 1 unspecified atom stereocenters. The fourth-order valence-corrected chi connectivity index (χ4v) is 3.34. The molecule has 10 heteroatoms. The van der Waals surface area contributed by atoms with Crippen molar-refractivity contribution in [1.82, 2.24) is 4.72 Å². The Morgan fingerprint density at radius 2 is 1.95 bits per heavy atom. The van der Waals surface area contributed by atoms with E-state index in [2.05, 4.69) is 0 Å². The van der Waals surface area contributed by atoms with Crippen LogP contribution in [0.1, 0.15) is 18.9 Å². The summed E-state index contributed by atoms with van der Waals surface area (Å²) >= 11 is 5.60. The molecule has 0 saturated carbocycles. The van der Waals surface area contributed by atoms with Gasteiger partial charge in [-0.25, -0.2) is 17.5 Å². The Labute approximate surface area is 123 Å². The van der Waals surface area contributed by atoms with Gasteiger partial charge in [-0.05, 0) is 19.1 Å². The number of sulfonamides is 1. The van der Waals surface area contributed by atoms with Crippen molar-refractivity contribution in [3.05, 3.63) is 28.5 Å². The van der Waals surface area contributed by atoms with Gasteiger partial charge in [-0.15, -0.1) is 0 Å². The molecule has 0 aromatic heterocycles. The van der Waals surface area contributed by atoms with Gasteiger partial charge in [-0.2, -0.15) is 13.2 Å². The Hall–Kier alpha value is -0.900. The third kappa shape index (κ3) is 5.10. The van der Waals surface area contributed by atoms with Gasteiger partial charge in [-0.3, -0.25) is 0 Å². The molecule has 4 nitrogen and oxygen atoms in total. The highest BCUT2D eigenvalue weighted by atomic mass is 35.5. The third-order valence-electron chi connectivity index (χ3n) is 2.43. The molecule has 0 aliphatic rings. The number of halogens is 5.